The number of nitrogen functional groups attached to an aromatic ring is 1. The first-order valence-electron chi connectivity index (χ1n) is 9.72. The molecule has 1 aliphatic carbocycles. The molecule has 4 rings (SSSR count). The summed E-state index contributed by atoms with van der Waals surface area (Å²) in [5, 5.41) is 2.52. The van der Waals surface area contributed by atoms with Crippen LogP contribution in [0.1, 0.15) is 42.1 Å². The number of carbonyl (C=O) groups is 1. The van der Waals surface area contributed by atoms with Gasteiger partial charge in [-0.3, -0.25) is 9.59 Å². The van der Waals surface area contributed by atoms with Crippen LogP contribution in [0.3, 0.4) is 0 Å². The Kier molecular flexibility index (Phi) is 5.24. The van der Waals surface area contributed by atoms with E-state index >= 15 is 4.39 Å². The molecule has 2 aromatic carbocycles. The second kappa shape index (κ2) is 7.85. The topological polar surface area (TPSA) is 77.1 Å². The van der Waals surface area contributed by atoms with Crippen LogP contribution in [0.5, 0.6) is 0 Å². The third kappa shape index (κ3) is 3.65. The molecule has 156 valence electrons. The fourth-order valence-corrected chi connectivity index (χ4v) is 3.55. The summed E-state index contributed by atoms with van der Waals surface area (Å²) in [6, 6.07) is 6.52. The van der Waals surface area contributed by atoms with Gasteiger partial charge in [0.25, 0.3) is 0 Å². The lowest BCUT2D eigenvalue weighted by Gasteiger charge is -2.17. The summed E-state index contributed by atoms with van der Waals surface area (Å²) in [6.07, 6.45) is 3.63. The van der Waals surface area contributed by atoms with Gasteiger partial charge in [0.05, 0.1) is 16.6 Å². The first kappa shape index (κ1) is 20.0. The molecule has 0 atom stereocenters. The summed E-state index contributed by atoms with van der Waals surface area (Å²) in [5.74, 6) is -2.52. The average molecular weight is 415 g/mol. The van der Waals surface area contributed by atoms with Gasteiger partial charge in [0.1, 0.15) is 11.5 Å². The van der Waals surface area contributed by atoms with Gasteiger partial charge in [-0.15, -0.1) is 0 Å². The molecule has 0 amide bonds. The number of benzene rings is 2. The van der Waals surface area contributed by atoms with Gasteiger partial charge in [-0.1, -0.05) is 0 Å². The first-order valence-corrected chi connectivity index (χ1v) is 9.72. The Balaban J connectivity index is 1.54. The predicted molar refractivity (Wildman–Crippen MR) is 109 cm³/mol. The minimum atomic E-state index is -1.02. The van der Waals surface area contributed by atoms with Crippen LogP contribution in [0.25, 0.3) is 10.9 Å². The third-order valence-corrected chi connectivity index (χ3v) is 5.27. The Morgan fingerprint density at radius 3 is 2.47 bits per heavy atom. The lowest BCUT2D eigenvalue weighted by atomic mass is 10.1. The van der Waals surface area contributed by atoms with Crippen LogP contribution >= 0.6 is 0 Å². The Bertz CT molecular complexity index is 1190. The van der Waals surface area contributed by atoms with Crippen molar-refractivity contribution < 1.29 is 18.0 Å². The van der Waals surface area contributed by atoms with Crippen LogP contribution in [0.4, 0.5) is 24.5 Å². The molecule has 8 heteroatoms. The quantitative estimate of drug-likeness (QED) is 0.340. The number of fused-ring (bicyclic) bond motifs is 1. The van der Waals surface area contributed by atoms with E-state index in [0.29, 0.717) is 12.0 Å². The van der Waals surface area contributed by atoms with Gasteiger partial charge in [-0.25, -0.2) is 13.2 Å². The average Bonchev–Trinajstić information content (AvgIpc) is 3.57. The van der Waals surface area contributed by atoms with Gasteiger partial charge in [-0.05, 0) is 43.5 Å². The Labute approximate surface area is 170 Å². The van der Waals surface area contributed by atoms with Gasteiger partial charge in [0, 0.05) is 36.8 Å². The summed E-state index contributed by atoms with van der Waals surface area (Å²) < 4.78 is 44.5. The number of nitrogens with two attached hydrogens (primary N) is 1. The van der Waals surface area contributed by atoms with Crippen LogP contribution < -0.4 is 16.5 Å². The van der Waals surface area contributed by atoms with E-state index in [4.69, 9.17) is 5.73 Å². The number of halogens is 3. The van der Waals surface area contributed by atoms with E-state index in [9.17, 15) is 18.4 Å². The minimum absolute atomic E-state index is 0.00575. The van der Waals surface area contributed by atoms with Crippen molar-refractivity contribution in [2.45, 2.75) is 31.7 Å². The summed E-state index contributed by atoms with van der Waals surface area (Å²) in [5.41, 5.74) is 4.87. The Morgan fingerprint density at radius 2 is 1.80 bits per heavy atom. The number of ketones is 1. The van der Waals surface area contributed by atoms with Crippen molar-refractivity contribution in [1.82, 2.24) is 4.57 Å². The largest absolute Gasteiger partial charge is 0.396 e. The molecule has 0 unspecified atom stereocenters. The zero-order chi connectivity index (χ0) is 21.4. The number of hydrogen-bond acceptors (Lipinski definition) is 4. The van der Waals surface area contributed by atoms with E-state index < -0.39 is 34.3 Å². The van der Waals surface area contributed by atoms with Gasteiger partial charge in [-0.2, -0.15) is 0 Å². The SMILES string of the molecule is Nc1c(F)c(NCCCC(=O)c2ccc(F)cc2)c(F)c2c1c(=O)ccn2C1CC1. The Hall–Kier alpha value is -3.29. The summed E-state index contributed by atoms with van der Waals surface area (Å²) in [7, 11) is 0. The molecular weight excluding hydrogens is 395 g/mol. The standard InChI is InChI=1S/C22H20F3N3O2/c23-13-5-3-12(4-6-13)15(29)2-1-10-27-21-18(24)20(26)17-16(30)9-11-28(14-7-8-14)22(17)19(21)25/h3-6,9,11,14,27H,1-2,7-8,10,26H2. The third-order valence-electron chi connectivity index (χ3n) is 5.27. The number of carbonyl (C=O) groups excluding carboxylic acids is 1. The van der Waals surface area contributed by atoms with Crippen LogP contribution in [-0.4, -0.2) is 16.9 Å². The highest BCUT2D eigenvalue weighted by molar-refractivity contribution is 5.96. The maximum atomic E-state index is 15.2. The fraction of sp³-hybridized carbons (Fsp3) is 0.273. The molecule has 0 bridgehead atoms. The summed E-state index contributed by atoms with van der Waals surface area (Å²) in [4.78, 5) is 24.3. The number of nitrogens with zero attached hydrogens (tertiary/aromatic N) is 1. The lowest BCUT2D eigenvalue weighted by Crippen LogP contribution is -2.16. The van der Waals surface area contributed by atoms with Crippen LogP contribution in [0.2, 0.25) is 0 Å². The second-order valence-electron chi connectivity index (χ2n) is 7.42. The maximum absolute atomic E-state index is 15.2. The number of hydrogen-bond donors (Lipinski definition) is 2. The molecule has 3 N–H and O–H groups in total. The van der Waals surface area contributed by atoms with Gasteiger partial charge < -0.3 is 15.6 Å². The predicted octanol–water partition coefficient (Wildman–Crippen LogP) is 4.41. The molecule has 1 aromatic heterocycles. The molecule has 0 saturated heterocycles. The molecular formula is C22H20F3N3O2. The van der Waals surface area contributed by atoms with E-state index in [1.165, 1.54) is 36.5 Å². The fourth-order valence-electron chi connectivity index (χ4n) is 3.55. The second-order valence-corrected chi connectivity index (χ2v) is 7.42. The van der Waals surface area contributed by atoms with Crippen LogP contribution in [0, 0.1) is 17.5 Å². The molecule has 1 saturated carbocycles. The van der Waals surface area contributed by atoms with Crippen molar-refractivity contribution in [3.63, 3.8) is 0 Å². The van der Waals surface area contributed by atoms with E-state index in [1.54, 1.807) is 4.57 Å². The normalized spacial score (nSPS) is 13.6. The molecule has 0 spiro atoms. The molecule has 1 aliphatic rings. The van der Waals surface area contributed by atoms with Crippen molar-refractivity contribution in [1.29, 1.82) is 0 Å². The first-order chi connectivity index (χ1) is 14.4. The number of rotatable bonds is 7. The smallest absolute Gasteiger partial charge is 0.191 e. The molecule has 3 aromatic rings. The molecule has 0 aliphatic heterocycles. The summed E-state index contributed by atoms with van der Waals surface area (Å²) >= 11 is 0. The number of Topliss-reactive ketones (excluding diaryl/α,β-unsaturated/α-hetero) is 1. The van der Waals surface area contributed by atoms with E-state index in [0.717, 1.165) is 12.8 Å². The van der Waals surface area contributed by atoms with Crippen molar-refractivity contribution >= 4 is 28.1 Å². The molecule has 5 nitrogen and oxygen atoms in total. The molecule has 0 radical (unpaired) electrons. The van der Waals surface area contributed by atoms with Gasteiger partial charge in [0.15, 0.2) is 22.8 Å². The Morgan fingerprint density at radius 1 is 1.10 bits per heavy atom. The number of pyridine rings is 1. The molecule has 1 fully saturated rings. The van der Waals surface area contributed by atoms with E-state index in [1.807, 2.05) is 0 Å². The number of nitrogens with one attached hydrogen (secondary N) is 1. The summed E-state index contributed by atoms with van der Waals surface area (Å²) in [6.45, 7) is 0.117. The van der Waals surface area contributed by atoms with E-state index in [-0.39, 0.29) is 35.7 Å². The highest BCUT2D eigenvalue weighted by Crippen LogP contribution is 2.40. The van der Waals surface area contributed by atoms with Crippen molar-refractivity contribution in [3.05, 3.63) is 69.8 Å². The maximum Gasteiger partial charge on any atom is 0.191 e. The lowest BCUT2D eigenvalue weighted by molar-refractivity contribution is 0.0981. The van der Waals surface area contributed by atoms with Crippen LogP contribution in [0.15, 0.2) is 41.3 Å². The van der Waals surface area contributed by atoms with Gasteiger partial charge in [0.2, 0.25) is 0 Å². The zero-order valence-electron chi connectivity index (χ0n) is 16.1. The van der Waals surface area contributed by atoms with Crippen LogP contribution in [-0.2, 0) is 0 Å². The highest BCUT2D eigenvalue weighted by Gasteiger charge is 2.29. The van der Waals surface area contributed by atoms with Crippen molar-refractivity contribution in [3.8, 4) is 0 Å². The molecule has 1 heterocycles. The molecule has 30 heavy (non-hydrogen) atoms. The van der Waals surface area contributed by atoms with Gasteiger partial charge >= 0.3 is 0 Å². The zero-order valence-corrected chi connectivity index (χ0v) is 16.1. The highest BCUT2D eigenvalue weighted by atomic mass is 19.1. The van der Waals surface area contributed by atoms with E-state index in [2.05, 4.69) is 5.32 Å². The number of aromatic nitrogens is 1. The van der Waals surface area contributed by atoms with Crippen molar-refractivity contribution in [2.24, 2.45) is 0 Å². The monoisotopic (exact) mass is 415 g/mol. The van der Waals surface area contributed by atoms with Crippen molar-refractivity contribution in [2.75, 3.05) is 17.6 Å². The number of anilines is 2. The minimum Gasteiger partial charge on any atom is -0.396 e.